The summed E-state index contributed by atoms with van der Waals surface area (Å²) in [6.07, 6.45) is 0. The number of H-pyrrole nitrogens is 1. The van der Waals surface area contributed by atoms with Crippen LogP contribution >= 0.6 is 39.7 Å². The maximum absolute atomic E-state index is 5.90. The first kappa shape index (κ1) is 11.8. The van der Waals surface area contributed by atoms with E-state index < -0.39 is 0 Å². The molecule has 0 spiro atoms. The lowest BCUT2D eigenvalue weighted by Crippen LogP contribution is -1.98. The van der Waals surface area contributed by atoms with Crippen molar-refractivity contribution < 1.29 is 0 Å². The first-order valence-corrected chi connectivity index (χ1v) is 6.32. The Labute approximate surface area is 112 Å². The summed E-state index contributed by atoms with van der Waals surface area (Å²) in [5.74, 6) is 0.816. The van der Waals surface area contributed by atoms with Crippen molar-refractivity contribution >= 4 is 39.7 Å². The number of nitrogens with one attached hydrogen (secondary N) is 1. The molecule has 84 valence electrons. The van der Waals surface area contributed by atoms with Gasteiger partial charge in [-0.05, 0) is 53.3 Å². The molecule has 0 amide bonds. The second-order valence-corrected chi connectivity index (χ2v) is 4.90. The Morgan fingerprint density at radius 3 is 2.94 bits per heavy atom. The van der Waals surface area contributed by atoms with Crippen LogP contribution in [0.5, 0.6) is 0 Å². The lowest BCUT2D eigenvalue weighted by molar-refractivity contribution is 0.755. The maximum atomic E-state index is 5.90. The average molecular weight is 319 g/mol. The van der Waals surface area contributed by atoms with Crippen molar-refractivity contribution in [2.45, 2.75) is 13.5 Å². The standard InChI is InChI=1S/C10H9BrClN3S/c1-2-15-9(13-14-10(15)16)7-4-3-6(12)5-8(7)11/h3-5H,2H2,1H3,(H,14,16). The van der Waals surface area contributed by atoms with Crippen molar-refractivity contribution in [3.8, 4) is 11.4 Å². The fourth-order valence-corrected chi connectivity index (χ4v) is 2.61. The SMILES string of the molecule is CCn1c(-c2ccc(Cl)cc2Br)n[nH]c1=S. The van der Waals surface area contributed by atoms with Crippen LogP contribution in [0.1, 0.15) is 6.92 Å². The van der Waals surface area contributed by atoms with Gasteiger partial charge >= 0.3 is 0 Å². The molecule has 0 aliphatic carbocycles. The molecule has 1 N–H and O–H groups in total. The number of hydrogen-bond acceptors (Lipinski definition) is 2. The molecule has 1 heterocycles. The number of halogens is 2. The molecule has 0 saturated carbocycles. The van der Waals surface area contributed by atoms with Crippen LogP contribution in [0.4, 0.5) is 0 Å². The first-order chi connectivity index (χ1) is 7.63. The molecular formula is C10H9BrClN3S. The molecule has 0 aliphatic rings. The van der Waals surface area contributed by atoms with Crippen molar-refractivity contribution in [1.29, 1.82) is 0 Å². The summed E-state index contributed by atoms with van der Waals surface area (Å²) in [6.45, 7) is 2.80. The summed E-state index contributed by atoms with van der Waals surface area (Å²) in [6, 6.07) is 5.59. The van der Waals surface area contributed by atoms with Gasteiger partial charge in [0, 0.05) is 21.6 Å². The van der Waals surface area contributed by atoms with E-state index in [9.17, 15) is 0 Å². The Hall–Kier alpha value is -0.650. The minimum atomic E-state index is 0.624. The van der Waals surface area contributed by atoms with Crippen molar-refractivity contribution in [3.63, 3.8) is 0 Å². The zero-order valence-electron chi connectivity index (χ0n) is 8.50. The minimum absolute atomic E-state index is 0.624. The van der Waals surface area contributed by atoms with Gasteiger partial charge in [0.15, 0.2) is 10.6 Å². The van der Waals surface area contributed by atoms with Crippen LogP contribution in [0, 0.1) is 4.77 Å². The molecule has 0 bridgehead atoms. The highest BCUT2D eigenvalue weighted by atomic mass is 79.9. The normalized spacial score (nSPS) is 10.7. The minimum Gasteiger partial charge on any atom is -0.300 e. The predicted molar refractivity (Wildman–Crippen MR) is 71.2 cm³/mol. The van der Waals surface area contributed by atoms with Crippen molar-refractivity contribution in [3.05, 3.63) is 32.5 Å². The van der Waals surface area contributed by atoms with Crippen molar-refractivity contribution in [2.75, 3.05) is 0 Å². The van der Waals surface area contributed by atoms with Gasteiger partial charge in [0.05, 0.1) is 0 Å². The Balaban J connectivity index is 2.63. The van der Waals surface area contributed by atoms with E-state index in [-0.39, 0.29) is 0 Å². The third-order valence-electron chi connectivity index (χ3n) is 2.25. The van der Waals surface area contributed by atoms with Gasteiger partial charge in [-0.2, -0.15) is 5.10 Å². The van der Waals surface area contributed by atoms with E-state index in [1.807, 2.05) is 29.7 Å². The van der Waals surface area contributed by atoms with Crippen molar-refractivity contribution in [2.24, 2.45) is 0 Å². The second-order valence-electron chi connectivity index (χ2n) is 3.22. The predicted octanol–water partition coefficient (Wildman–Crippen LogP) is 4.04. The van der Waals surface area contributed by atoms with Gasteiger partial charge in [-0.15, -0.1) is 0 Å². The summed E-state index contributed by atoms with van der Waals surface area (Å²) in [5.41, 5.74) is 0.971. The Kier molecular flexibility index (Phi) is 3.47. The van der Waals surface area contributed by atoms with Gasteiger partial charge in [0.2, 0.25) is 0 Å². The van der Waals surface area contributed by atoms with Crippen LogP contribution in [0.15, 0.2) is 22.7 Å². The van der Waals surface area contributed by atoms with E-state index in [0.717, 1.165) is 22.4 Å². The topological polar surface area (TPSA) is 33.6 Å². The smallest absolute Gasteiger partial charge is 0.195 e. The molecule has 0 fully saturated rings. The molecule has 2 rings (SSSR count). The van der Waals surface area contributed by atoms with E-state index in [1.165, 1.54) is 0 Å². The van der Waals surface area contributed by atoms with E-state index >= 15 is 0 Å². The van der Waals surface area contributed by atoms with Gasteiger partial charge in [0.1, 0.15) is 0 Å². The van der Waals surface area contributed by atoms with Crippen LogP contribution in [-0.2, 0) is 6.54 Å². The summed E-state index contributed by atoms with van der Waals surface area (Å²) in [7, 11) is 0. The lowest BCUT2D eigenvalue weighted by atomic mass is 10.2. The van der Waals surface area contributed by atoms with Crippen LogP contribution in [0.3, 0.4) is 0 Å². The van der Waals surface area contributed by atoms with Gasteiger partial charge in [0.25, 0.3) is 0 Å². The zero-order chi connectivity index (χ0) is 11.7. The van der Waals surface area contributed by atoms with Crippen LogP contribution < -0.4 is 0 Å². The molecule has 0 atom stereocenters. The van der Waals surface area contributed by atoms with Crippen LogP contribution in [-0.4, -0.2) is 14.8 Å². The molecule has 0 radical (unpaired) electrons. The third kappa shape index (κ3) is 2.07. The van der Waals surface area contributed by atoms with Crippen LogP contribution in [0.25, 0.3) is 11.4 Å². The zero-order valence-corrected chi connectivity index (χ0v) is 11.7. The molecule has 6 heteroatoms. The van der Waals surface area contributed by atoms with E-state index in [1.54, 1.807) is 0 Å². The highest BCUT2D eigenvalue weighted by Crippen LogP contribution is 2.29. The number of nitrogens with zero attached hydrogens (tertiary/aromatic N) is 2. The largest absolute Gasteiger partial charge is 0.300 e. The summed E-state index contributed by atoms with van der Waals surface area (Å²) < 4.78 is 3.46. The summed E-state index contributed by atoms with van der Waals surface area (Å²) >= 11 is 14.5. The summed E-state index contributed by atoms with van der Waals surface area (Å²) in [4.78, 5) is 0. The highest BCUT2D eigenvalue weighted by Gasteiger charge is 2.10. The average Bonchev–Trinajstić information content (AvgIpc) is 2.59. The monoisotopic (exact) mass is 317 g/mol. The number of benzene rings is 1. The fourth-order valence-electron chi connectivity index (χ4n) is 1.49. The Morgan fingerprint density at radius 2 is 2.31 bits per heavy atom. The summed E-state index contributed by atoms with van der Waals surface area (Å²) in [5, 5.41) is 7.70. The van der Waals surface area contributed by atoms with E-state index in [4.69, 9.17) is 23.8 Å². The van der Waals surface area contributed by atoms with Gasteiger partial charge in [-0.25, -0.2) is 0 Å². The third-order valence-corrected chi connectivity index (χ3v) is 3.45. The van der Waals surface area contributed by atoms with Crippen LogP contribution in [0.2, 0.25) is 5.02 Å². The molecular weight excluding hydrogens is 310 g/mol. The lowest BCUT2D eigenvalue weighted by Gasteiger charge is -2.05. The highest BCUT2D eigenvalue weighted by molar-refractivity contribution is 9.10. The number of aromatic amines is 1. The van der Waals surface area contributed by atoms with Gasteiger partial charge in [-0.3, -0.25) is 5.10 Å². The van der Waals surface area contributed by atoms with E-state index in [0.29, 0.717) is 9.79 Å². The molecule has 0 saturated heterocycles. The molecule has 1 aromatic heterocycles. The Morgan fingerprint density at radius 1 is 1.56 bits per heavy atom. The number of aromatic nitrogens is 3. The quantitative estimate of drug-likeness (QED) is 0.848. The first-order valence-electron chi connectivity index (χ1n) is 4.74. The van der Waals surface area contributed by atoms with E-state index in [2.05, 4.69) is 26.1 Å². The van der Waals surface area contributed by atoms with Gasteiger partial charge in [-0.1, -0.05) is 11.6 Å². The molecule has 2 aromatic rings. The fraction of sp³-hybridized carbons (Fsp3) is 0.200. The molecule has 0 unspecified atom stereocenters. The maximum Gasteiger partial charge on any atom is 0.195 e. The second kappa shape index (κ2) is 4.69. The Bertz CT molecular complexity index is 576. The molecule has 0 aliphatic heterocycles. The van der Waals surface area contributed by atoms with Crippen molar-refractivity contribution in [1.82, 2.24) is 14.8 Å². The van der Waals surface area contributed by atoms with Gasteiger partial charge < -0.3 is 4.57 Å². The number of rotatable bonds is 2. The number of hydrogen-bond donors (Lipinski definition) is 1. The molecule has 16 heavy (non-hydrogen) atoms. The molecule has 1 aromatic carbocycles. The molecule has 3 nitrogen and oxygen atoms in total.